The van der Waals surface area contributed by atoms with Crippen LogP contribution in [-0.4, -0.2) is 29.3 Å². The fourth-order valence-electron chi connectivity index (χ4n) is 3.21. The number of benzene rings is 3. The number of fused-ring (bicyclic) bond motifs is 1. The van der Waals surface area contributed by atoms with Crippen LogP contribution in [0.25, 0.3) is 22.3 Å². The smallest absolute Gasteiger partial charge is 0.168 e. The van der Waals surface area contributed by atoms with Gasteiger partial charge in [-0.3, -0.25) is 0 Å². The van der Waals surface area contributed by atoms with Gasteiger partial charge in [0.15, 0.2) is 17.3 Å². The van der Waals surface area contributed by atoms with E-state index in [1.54, 1.807) is 25.3 Å². The van der Waals surface area contributed by atoms with E-state index in [1.807, 2.05) is 49.4 Å². The summed E-state index contributed by atoms with van der Waals surface area (Å²) in [5, 5.41) is 14.8. The van der Waals surface area contributed by atoms with Crippen LogP contribution < -0.4 is 14.8 Å². The predicted molar refractivity (Wildman–Crippen MR) is 114 cm³/mol. The average Bonchev–Trinajstić information content (AvgIpc) is 2.74. The first-order valence-corrected chi connectivity index (χ1v) is 9.15. The normalized spacial score (nSPS) is 10.7. The molecule has 3 aromatic carbocycles. The Balaban J connectivity index is 1.90. The largest absolute Gasteiger partial charge is 0.504 e. The molecule has 29 heavy (non-hydrogen) atoms. The quantitative estimate of drug-likeness (QED) is 0.498. The van der Waals surface area contributed by atoms with Crippen LogP contribution in [-0.2, 0) is 0 Å². The fourth-order valence-corrected chi connectivity index (χ4v) is 3.21. The van der Waals surface area contributed by atoms with Gasteiger partial charge in [-0.05, 0) is 48.9 Å². The molecule has 0 saturated heterocycles. The van der Waals surface area contributed by atoms with Gasteiger partial charge in [0.25, 0.3) is 0 Å². The molecule has 2 N–H and O–H groups in total. The molecule has 0 aliphatic rings. The molecular weight excluding hydrogens is 366 g/mol. The zero-order valence-corrected chi connectivity index (χ0v) is 16.4. The van der Waals surface area contributed by atoms with Gasteiger partial charge >= 0.3 is 0 Å². The molecule has 4 rings (SSSR count). The molecule has 146 valence electrons. The molecule has 0 bridgehead atoms. The number of nitrogens with zero attached hydrogens (tertiary/aromatic N) is 2. The number of methoxy groups -OCH3 is 2. The lowest BCUT2D eigenvalue weighted by molar-refractivity contribution is 0.374. The van der Waals surface area contributed by atoms with E-state index in [1.165, 1.54) is 7.11 Å². The summed E-state index contributed by atoms with van der Waals surface area (Å²) >= 11 is 0. The Bertz CT molecular complexity index is 1190. The van der Waals surface area contributed by atoms with Crippen LogP contribution in [0.1, 0.15) is 5.56 Å². The Morgan fingerprint density at radius 1 is 0.862 bits per heavy atom. The second-order valence-electron chi connectivity index (χ2n) is 6.60. The van der Waals surface area contributed by atoms with Crippen LogP contribution in [0.4, 0.5) is 11.5 Å². The maximum atomic E-state index is 10.6. The van der Waals surface area contributed by atoms with Gasteiger partial charge in [0, 0.05) is 5.39 Å². The summed E-state index contributed by atoms with van der Waals surface area (Å²) in [5.41, 5.74) is 3.15. The topological polar surface area (TPSA) is 76.5 Å². The monoisotopic (exact) mass is 387 g/mol. The first-order chi connectivity index (χ1) is 14.1. The number of phenols is 1. The number of hydrogen-bond acceptors (Lipinski definition) is 6. The molecule has 1 aromatic heterocycles. The SMILES string of the molecule is COc1ccc(C)cc1Nc1nc(-c2cccc(OC)c2O)nc2ccccc12. The van der Waals surface area contributed by atoms with Crippen molar-refractivity contribution >= 4 is 22.4 Å². The van der Waals surface area contributed by atoms with E-state index < -0.39 is 0 Å². The van der Waals surface area contributed by atoms with Crippen LogP contribution in [0.2, 0.25) is 0 Å². The van der Waals surface area contributed by atoms with E-state index in [0.29, 0.717) is 28.7 Å². The molecule has 4 aromatic rings. The number of anilines is 2. The van der Waals surface area contributed by atoms with Crippen molar-refractivity contribution in [3.63, 3.8) is 0 Å². The van der Waals surface area contributed by atoms with Gasteiger partial charge in [-0.15, -0.1) is 0 Å². The number of ether oxygens (including phenoxy) is 2. The van der Waals surface area contributed by atoms with Crippen molar-refractivity contribution in [1.29, 1.82) is 0 Å². The van der Waals surface area contributed by atoms with Crippen molar-refractivity contribution in [3.8, 4) is 28.6 Å². The fraction of sp³-hybridized carbons (Fsp3) is 0.130. The van der Waals surface area contributed by atoms with Gasteiger partial charge in [-0.25, -0.2) is 9.97 Å². The molecule has 6 nitrogen and oxygen atoms in total. The summed E-state index contributed by atoms with van der Waals surface area (Å²) in [4.78, 5) is 9.36. The lowest BCUT2D eigenvalue weighted by atomic mass is 10.1. The molecule has 1 heterocycles. The van der Waals surface area contributed by atoms with Gasteiger partial charge in [-0.2, -0.15) is 0 Å². The highest BCUT2D eigenvalue weighted by Crippen LogP contribution is 2.37. The van der Waals surface area contributed by atoms with Crippen molar-refractivity contribution in [2.45, 2.75) is 6.92 Å². The Hall–Kier alpha value is -3.80. The molecule has 0 amide bonds. The number of para-hydroxylation sites is 2. The van der Waals surface area contributed by atoms with Crippen molar-refractivity contribution in [1.82, 2.24) is 9.97 Å². The first-order valence-electron chi connectivity index (χ1n) is 9.15. The number of aromatic nitrogens is 2. The van der Waals surface area contributed by atoms with Crippen molar-refractivity contribution in [2.75, 3.05) is 19.5 Å². The zero-order chi connectivity index (χ0) is 20.4. The number of aryl methyl sites for hydroxylation is 1. The molecule has 0 aliphatic carbocycles. The van der Waals surface area contributed by atoms with Gasteiger partial charge in [0.2, 0.25) is 0 Å². The third-order valence-corrected chi connectivity index (χ3v) is 4.67. The van der Waals surface area contributed by atoms with E-state index >= 15 is 0 Å². The van der Waals surface area contributed by atoms with Crippen molar-refractivity contribution in [2.24, 2.45) is 0 Å². The highest BCUT2D eigenvalue weighted by atomic mass is 16.5. The molecule has 0 fully saturated rings. The number of phenolic OH excluding ortho intramolecular Hbond substituents is 1. The van der Waals surface area contributed by atoms with Gasteiger partial charge < -0.3 is 19.9 Å². The minimum absolute atomic E-state index is 0.00404. The molecule has 0 aliphatic heterocycles. The van der Waals surface area contributed by atoms with Crippen molar-refractivity contribution < 1.29 is 14.6 Å². The van der Waals surface area contributed by atoms with Crippen LogP contribution >= 0.6 is 0 Å². The molecule has 0 atom stereocenters. The highest BCUT2D eigenvalue weighted by Gasteiger charge is 2.16. The Labute approximate surface area is 168 Å². The second kappa shape index (κ2) is 7.67. The Morgan fingerprint density at radius 3 is 2.45 bits per heavy atom. The maximum absolute atomic E-state index is 10.6. The summed E-state index contributed by atoms with van der Waals surface area (Å²) in [6.07, 6.45) is 0. The summed E-state index contributed by atoms with van der Waals surface area (Å²) in [5.74, 6) is 2.11. The molecule has 0 saturated carbocycles. The standard InChI is InChI=1S/C23H21N3O3/c1-14-11-12-19(28-2)18(13-14)25-22-15-7-4-5-9-17(15)24-23(26-22)16-8-6-10-20(29-3)21(16)27/h4-13,27H,1-3H3,(H,24,25,26). The zero-order valence-electron chi connectivity index (χ0n) is 16.4. The van der Waals surface area contributed by atoms with Crippen LogP contribution in [0.5, 0.6) is 17.2 Å². The second-order valence-corrected chi connectivity index (χ2v) is 6.60. The lowest BCUT2D eigenvalue weighted by Crippen LogP contribution is -2.01. The summed E-state index contributed by atoms with van der Waals surface area (Å²) in [6, 6.07) is 18.9. The Kier molecular flexibility index (Phi) is 4.91. The number of aromatic hydroxyl groups is 1. The first kappa shape index (κ1) is 18.6. The summed E-state index contributed by atoms with van der Waals surface area (Å²) in [7, 11) is 3.14. The minimum atomic E-state index is 0.00404. The van der Waals surface area contributed by atoms with Gasteiger partial charge in [-0.1, -0.05) is 24.3 Å². The average molecular weight is 387 g/mol. The van der Waals surface area contributed by atoms with Crippen LogP contribution in [0.3, 0.4) is 0 Å². The van der Waals surface area contributed by atoms with Gasteiger partial charge in [0.05, 0.1) is 31.0 Å². The number of hydrogen-bond donors (Lipinski definition) is 2. The van der Waals surface area contributed by atoms with Crippen molar-refractivity contribution in [3.05, 3.63) is 66.2 Å². The molecule has 0 spiro atoms. The van der Waals surface area contributed by atoms with E-state index in [-0.39, 0.29) is 5.75 Å². The maximum Gasteiger partial charge on any atom is 0.168 e. The molecule has 0 unspecified atom stereocenters. The number of rotatable bonds is 5. The van der Waals surface area contributed by atoms with E-state index in [2.05, 4.69) is 10.3 Å². The molecule has 6 heteroatoms. The summed E-state index contributed by atoms with van der Waals surface area (Å²) in [6.45, 7) is 2.02. The molecular formula is C23H21N3O3. The predicted octanol–water partition coefficient (Wildman–Crippen LogP) is 5.07. The van der Waals surface area contributed by atoms with E-state index in [4.69, 9.17) is 14.5 Å². The van der Waals surface area contributed by atoms with Gasteiger partial charge in [0.1, 0.15) is 11.6 Å². The third-order valence-electron chi connectivity index (χ3n) is 4.67. The van der Waals surface area contributed by atoms with E-state index in [0.717, 1.165) is 22.2 Å². The van der Waals surface area contributed by atoms with Crippen LogP contribution in [0, 0.1) is 6.92 Å². The van der Waals surface area contributed by atoms with E-state index in [9.17, 15) is 5.11 Å². The van der Waals surface area contributed by atoms with Crippen LogP contribution in [0.15, 0.2) is 60.7 Å². The lowest BCUT2D eigenvalue weighted by Gasteiger charge is -2.15. The molecule has 0 radical (unpaired) electrons. The minimum Gasteiger partial charge on any atom is -0.504 e. The third kappa shape index (κ3) is 3.52. The summed E-state index contributed by atoms with van der Waals surface area (Å²) < 4.78 is 10.7. The number of nitrogens with one attached hydrogen (secondary N) is 1. The highest BCUT2D eigenvalue weighted by molar-refractivity contribution is 5.93. The Morgan fingerprint density at radius 2 is 1.66 bits per heavy atom.